The summed E-state index contributed by atoms with van der Waals surface area (Å²) >= 11 is 0. The van der Waals surface area contributed by atoms with Gasteiger partial charge in [-0.2, -0.15) is 0 Å². The van der Waals surface area contributed by atoms with Gasteiger partial charge in [-0.3, -0.25) is 9.78 Å². The topological polar surface area (TPSA) is 59.2 Å². The summed E-state index contributed by atoms with van der Waals surface area (Å²) in [7, 11) is 0. The third-order valence-electron chi connectivity index (χ3n) is 1.66. The van der Waals surface area contributed by atoms with Crippen molar-refractivity contribution in [3.05, 3.63) is 30.1 Å². The predicted octanol–water partition coefficient (Wildman–Crippen LogP) is -0.00130. The first-order valence-electron chi connectivity index (χ1n) is 4.16. The van der Waals surface area contributed by atoms with Gasteiger partial charge < -0.3 is 10.6 Å². The molecule has 0 bridgehead atoms. The molecule has 1 amide bonds. The highest BCUT2D eigenvalue weighted by Gasteiger charge is 2.01. The van der Waals surface area contributed by atoms with Crippen LogP contribution in [0.25, 0.3) is 0 Å². The second-order valence-electron chi connectivity index (χ2n) is 2.69. The Morgan fingerprint density at radius 3 is 2.92 bits per heavy atom. The Balaban J connectivity index is 2.51. The number of carbonyl (C=O) groups is 1. The molecule has 0 spiro atoms. The molecular weight excluding hydrogens is 166 g/mol. The van der Waals surface area contributed by atoms with E-state index in [9.17, 15) is 4.79 Å². The van der Waals surface area contributed by atoms with Crippen molar-refractivity contribution in [1.29, 1.82) is 0 Å². The monoisotopic (exact) mass is 179 g/mol. The van der Waals surface area contributed by atoms with Crippen LogP contribution in [0.15, 0.2) is 24.4 Å². The van der Waals surface area contributed by atoms with Gasteiger partial charge in [-0.05, 0) is 12.1 Å². The lowest BCUT2D eigenvalue weighted by Gasteiger charge is -2.14. The summed E-state index contributed by atoms with van der Waals surface area (Å²) < 4.78 is 0. The summed E-state index contributed by atoms with van der Waals surface area (Å²) in [6, 6.07) is 5.62. The van der Waals surface area contributed by atoms with Gasteiger partial charge in [-0.15, -0.1) is 0 Å². The lowest BCUT2D eigenvalue weighted by Crippen LogP contribution is -2.27. The standard InChI is InChI=1S/C9H13N3O/c10-4-6-12(8-13)7-9-3-1-2-5-11-9/h1-3,5,8H,4,6-7,10H2. The molecule has 0 aliphatic carbocycles. The van der Waals surface area contributed by atoms with E-state index in [-0.39, 0.29) is 0 Å². The largest absolute Gasteiger partial charge is 0.338 e. The second-order valence-corrected chi connectivity index (χ2v) is 2.69. The predicted molar refractivity (Wildman–Crippen MR) is 49.8 cm³/mol. The zero-order valence-corrected chi connectivity index (χ0v) is 7.39. The molecular formula is C9H13N3O. The molecule has 2 N–H and O–H groups in total. The van der Waals surface area contributed by atoms with Gasteiger partial charge in [-0.25, -0.2) is 0 Å². The van der Waals surface area contributed by atoms with Gasteiger partial charge in [0.15, 0.2) is 0 Å². The van der Waals surface area contributed by atoms with Crippen molar-refractivity contribution in [3.8, 4) is 0 Å². The summed E-state index contributed by atoms with van der Waals surface area (Å²) in [5.41, 5.74) is 6.22. The first-order valence-corrected chi connectivity index (χ1v) is 4.16. The van der Waals surface area contributed by atoms with Crippen molar-refractivity contribution >= 4 is 6.41 Å². The number of rotatable bonds is 5. The Morgan fingerprint density at radius 1 is 1.54 bits per heavy atom. The van der Waals surface area contributed by atoms with E-state index in [0.29, 0.717) is 19.6 Å². The van der Waals surface area contributed by atoms with Crippen LogP contribution in [0.5, 0.6) is 0 Å². The van der Waals surface area contributed by atoms with Crippen LogP contribution in [0.4, 0.5) is 0 Å². The molecule has 1 aromatic rings. The normalized spacial score (nSPS) is 9.62. The Labute approximate surface area is 77.4 Å². The highest BCUT2D eigenvalue weighted by molar-refractivity contribution is 5.47. The lowest BCUT2D eigenvalue weighted by molar-refractivity contribution is -0.118. The van der Waals surface area contributed by atoms with E-state index in [0.717, 1.165) is 12.1 Å². The molecule has 13 heavy (non-hydrogen) atoms. The van der Waals surface area contributed by atoms with E-state index in [4.69, 9.17) is 5.73 Å². The summed E-state index contributed by atoms with van der Waals surface area (Å²) in [6.45, 7) is 1.58. The second kappa shape index (κ2) is 5.27. The molecule has 4 nitrogen and oxygen atoms in total. The average molecular weight is 179 g/mol. The minimum atomic E-state index is 0.478. The van der Waals surface area contributed by atoms with E-state index in [1.807, 2.05) is 18.2 Å². The van der Waals surface area contributed by atoms with Crippen LogP contribution in [-0.4, -0.2) is 29.4 Å². The van der Waals surface area contributed by atoms with Crippen LogP contribution in [-0.2, 0) is 11.3 Å². The number of nitrogens with two attached hydrogens (primary N) is 1. The molecule has 0 saturated heterocycles. The minimum Gasteiger partial charge on any atom is -0.338 e. The van der Waals surface area contributed by atoms with E-state index in [2.05, 4.69) is 4.98 Å². The molecule has 70 valence electrons. The molecule has 1 heterocycles. The van der Waals surface area contributed by atoms with Crippen LogP contribution >= 0.6 is 0 Å². The Bertz CT molecular complexity index is 250. The molecule has 1 aromatic heterocycles. The Morgan fingerprint density at radius 2 is 2.38 bits per heavy atom. The van der Waals surface area contributed by atoms with Crippen LogP contribution in [0, 0.1) is 0 Å². The fraction of sp³-hybridized carbons (Fsp3) is 0.333. The van der Waals surface area contributed by atoms with E-state index in [1.54, 1.807) is 11.1 Å². The average Bonchev–Trinajstić information content (AvgIpc) is 2.19. The summed E-state index contributed by atoms with van der Waals surface area (Å²) in [4.78, 5) is 16.2. The van der Waals surface area contributed by atoms with Gasteiger partial charge >= 0.3 is 0 Å². The maximum absolute atomic E-state index is 10.5. The van der Waals surface area contributed by atoms with Crippen molar-refractivity contribution in [3.63, 3.8) is 0 Å². The number of hydrogen-bond acceptors (Lipinski definition) is 3. The fourth-order valence-corrected chi connectivity index (χ4v) is 1.03. The highest BCUT2D eigenvalue weighted by Crippen LogP contribution is 1.97. The first kappa shape index (κ1) is 9.67. The van der Waals surface area contributed by atoms with Crippen molar-refractivity contribution in [2.45, 2.75) is 6.54 Å². The summed E-state index contributed by atoms with van der Waals surface area (Å²) in [5.74, 6) is 0. The molecule has 0 fully saturated rings. The zero-order chi connectivity index (χ0) is 9.52. The summed E-state index contributed by atoms with van der Waals surface area (Å²) in [5, 5.41) is 0. The van der Waals surface area contributed by atoms with Crippen molar-refractivity contribution in [1.82, 2.24) is 9.88 Å². The smallest absolute Gasteiger partial charge is 0.210 e. The van der Waals surface area contributed by atoms with Crippen LogP contribution in [0.2, 0.25) is 0 Å². The fourth-order valence-electron chi connectivity index (χ4n) is 1.03. The molecule has 0 saturated carbocycles. The van der Waals surface area contributed by atoms with Gasteiger partial charge in [0.25, 0.3) is 0 Å². The zero-order valence-electron chi connectivity index (χ0n) is 7.39. The van der Waals surface area contributed by atoms with Gasteiger partial charge in [0, 0.05) is 19.3 Å². The molecule has 0 aliphatic rings. The maximum Gasteiger partial charge on any atom is 0.210 e. The van der Waals surface area contributed by atoms with Crippen LogP contribution < -0.4 is 5.73 Å². The van der Waals surface area contributed by atoms with Crippen LogP contribution in [0.1, 0.15) is 5.69 Å². The lowest BCUT2D eigenvalue weighted by atomic mass is 10.3. The quantitative estimate of drug-likeness (QED) is 0.647. The van der Waals surface area contributed by atoms with E-state index >= 15 is 0 Å². The number of nitrogens with zero attached hydrogens (tertiary/aromatic N) is 2. The molecule has 0 aromatic carbocycles. The highest BCUT2D eigenvalue weighted by atomic mass is 16.1. The van der Waals surface area contributed by atoms with Crippen molar-refractivity contribution < 1.29 is 4.79 Å². The Hall–Kier alpha value is -1.42. The van der Waals surface area contributed by atoms with Crippen molar-refractivity contribution in [2.75, 3.05) is 13.1 Å². The molecule has 0 aliphatic heterocycles. The third-order valence-corrected chi connectivity index (χ3v) is 1.66. The minimum absolute atomic E-state index is 0.478. The maximum atomic E-state index is 10.5. The molecule has 0 atom stereocenters. The molecule has 0 unspecified atom stereocenters. The number of aromatic nitrogens is 1. The van der Waals surface area contributed by atoms with Gasteiger partial charge in [0.2, 0.25) is 6.41 Å². The van der Waals surface area contributed by atoms with Gasteiger partial charge in [0.1, 0.15) is 0 Å². The van der Waals surface area contributed by atoms with Crippen LogP contribution in [0.3, 0.4) is 0 Å². The van der Waals surface area contributed by atoms with Gasteiger partial charge in [0.05, 0.1) is 12.2 Å². The number of pyridine rings is 1. The molecule has 1 rings (SSSR count). The number of amides is 1. The Kier molecular flexibility index (Phi) is 3.92. The molecule has 0 radical (unpaired) electrons. The SMILES string of the molecule is NCCN(C=O)Cc1ccccn1. The third kappa shape index (κ3) is 3.21. The van der Waals surface area contributed by atoms with Gasteiger partial charge in [-0.1, -0.05) is 6.07 Å². The molecule has 4 heteroatoms. The van der Waals surface area contributed by atoms with E-state index in [1.165, 1.54) is 0 Å². The van der Waals surface area contributed by atoms with Crippen molar-refractivity contribution in [2.24, 2.45) is 5.73 Å². The first-order chi connectivity index (χ1) is 6.36. The van der Waals surface area contributed by atoms with E-state index < -0.39 is 0 Å². The number of hydrogen-bond donors (Lipinski definition) is 1. The number of carbonyl (C=O) groups excluding carboxylic acids is 1. The summed E-state index contributed by atoms with van der Waals surface area (Å²) in [6.07, 6.45) is 2.50.